The molecule has 3 nitrogen and oxygen atoms in total. The van der Waals surface area contributed by atoms with E-state index >= 15 is 0 Å². The van der Waals surface area contributed by atoms with E-state index in [1.54, 1.807) is 6.07 Å². The van der Waals surface area contributed by atoms with Crippen molar-refractivity contribution in [3.05, 3.63) is 23.8 Å². The Morgan fingerprint density at radius 3 is 2.65 bits per heavy atom. The van der Waals surface area contributed by atoms with Crippen molar-refractivity contribution in [3.8, 4) is 11.5 Å². The lowest BCUT2D eigenvalue weighted by atomic mass is 10.2. The number of benzene rings is 1. The summed E-state index contributed by atoms with van der Waals surface area (Å²) in [6.45, 7) is 7.58. The summed E-state index contributed by atoms with van der Waals surface area (Å²) in [6.07, 6.45) is 1.11. The zero-order valence-corrected chi connectivity index (χ0v) is 11.5. The Hall–Kier alpha value is -0.930. The first-order valence-electron chi connectivity index (χ1n) is 5.85. The smallest absolute Gasteiger partial charge is 0.161 e. The lowest BCUT2D eigenvalue weighted by molar-refractivity contribution is 0.317. The lowest BCUT2D eigenvalue weighted by Crippen LogP contribution is -2.24. The molecule has 4 heteroatoms. The summed E-state index contributed by atoms with van der Waals surface area (Å²) in [6, 6.07) is 5.98. The highest BCUT2D eigenvalue weighted by atomic mass is 35.5. The molecule has 0 aliphatic carbocycles. The number of hydrogen-bond donors (Lipinski definition) is 2. The molecule has 0 aliphatic heterocycles. The van der Waals surface area contributed by atoms with Gasteiger partial charge in [0.15, 0.2) is 11.5 Å². The Labute approximate surface area is 110 Å². The minimum atomic E-state index is 0. The van der Waals surface area contributed by atoms with Crippen molar-refractivity contribution in [1.29, 1.82) is 0 Å². The quantitative estimate of drug-likeness (QED) is 0.825. The second-order valence-corrected chi connectivity index (χ2v) is 3.93. The Kier molecular flexibility index (Phi) is 7.75. The minimum Gasteiger partial charge on any atom is -0.504 e. The number of ether oxygens (including phenoxy) is 1. The van der Waals surface area contributed by atoms with Gasteiger partial charge in [0.2, 0.25) is 0 Å². The van der Waals surface area contributed by atoms with Crippen molar-refractivity contribution >= 4 is 12.4 Å². The summed E-state index contributed by atoms with van der Waals surface area (Å²) < 4.78 is 5.33. The van der Waals surface area contributed by atoms with E-state index in [9.17, 15) is 5.11 Å². The van der Waals surface area contributed by atoms with Gasteiger partial charge in [-0.3, -0.25) is 0 Å². The Balaban J connectivity index is 0.00000256. The zero-order chi connectivity index (χ0) is 12.0. The summed E-state index contributed by atoms with van der Waals surface area (Å²) >= 11 is 0. The maximum absolute atomic E-state index is 9.54. The Morgan fingerprint density at radius 1 is 1.35 bits per heavy atom. The van der Waals surface area contributed by atoms with Crippen molar-refractivity contribution in [3.63, 3.8) is 0 Å². The first-order valence-corrected chi connectivity index (χ1v) is 5.85. The predicted octanol–water partition coefficient (Wildman–Crippen LogP) is 3.10. The Bertz CT molecular complexity index is 331. The standard InChI is InChI=1S/C13H21NO2.ClH/c1-4-10(3)14-9-11-6-7-12(15)13(8-11)16-5-2;/h6-8,10,14-15H,4-5,9H2,1-3H3;1H. The van der Waals surface area contributed by atoms with Crippen LogP contribution in [0.3, 0.4) is 0 Å². The number of phenolic OH excluding ortho intramolecular Hbond substituents is 1. The van der Waals surface area contributed by atoms with Gasteiger partial charge in [0.1, 0.15) is 0 Å². The highest BCUT2D eigenvalue weighted by molar-refractivity contribution is 5.85. The van der Waals surface area contributed by atoms with Crippen LogP contribution in [0, 0.1) is 0 Å². The number of aromatic hydroxyl groups is 1. The SMILES string of the molecule is CCOc1cc(CNC(C)CC)ccc1O.Cl. The Morgan fingerprint density at radius 2 is 2.06 bits per heavy atom. The topological polar surface area (TPSA) is 41.5 Å². The van der Waals surface area contributed by atoms with Crippen LogP contribution in [0.15, 0.2) is 18.2 Å². The van der Waals surface area contributed by atoms with Crippen LogP contribution in [0.5, 0.6) is 11.5 Å². The van der Waals surface area contributed by atoms with E-state index in [-0.39, 0.29) is 18.2 Å². The molecule has 17 heavy (non-hydrogen) atoms. The van der Waals surface area contributed by atoms with E-state index in [4.69, 9.17) is 4.74 Å². The average molecular weight is 260 g/mol. The molecule has 2 N–H and O–H groups in total. The molecule has 0 bridgehead atoms. The fraction of sp³-hybridized carbons (Fsp3) is 0.538. The lowest BCUT2D eigenvalue weighted by Gasteiger charge is -2.12. The maximum Gasteiger partial charge on any atom is 0.161 e. The van der Waals surface area contributed by atoms with Crippen LogP contribution in [-0.2, 0) is 6.54 Å². The van der Waals surface area contributed by atoms with Crippen LogP contribution >= 0.6 is 12.4 Å². The molecule has 0 spiro atoms. The van der Waals surface area contributed by atoms with Gasteiger partial charge in [-0.15, -0.1) is 12.4 Å². The molecular formula is C13H22ClNO2. The summed E-state index contributed by atoms with van der Waals surface area (Å²) in [5.41, 5.74) is 1.13. The van der Waals surface area contributed by atoms with Crippen LogP contribution < -0.4 is 10.1 Å². The van der Waals surface area contributed by atoms with Crippen molar-refractivity contribution in [2.45, 2.75) is 39.8 Å². The van der Waals surface area contributed by atoms with Gasteiger partial charge in [-0.2, -0.15) is 0 Å². The van der Waals surface area contributed by atoms with Gasteiger partial charge in [0.25, 0.3) is 0 Å². The van der Waals surface area contributed by atoms with E-state index in [2.05, 4.69) is 19.2 Å². The molecule has 1 unspecified atom stereocenters. The fourth-order valence-corrected chi connectivity index (χ4v) is 1.38. The summed E-state index contributed by atoms with van der Waals surface area (Å²) in [7, 11) is 0. The third kappa shape index (κ3) is 5.29. The van der Waals surface area contributed by atoms with E-state index in [0.717, 1.165) is 18.5 Å². The van der Waals surface area contributed by atoms with E-state index in [1.165, 1.54) is 0 Å². The van der Waals surface area contributed by atoms with Crippen LogP contribution in [-0.4, -0.2) is 17.8 Å². The van der Waals surface area contributed by atoms with Crippen molar-refractivity contribution in [1.82, 2.24) is 5.32 Å². The van der Waals surface area contributed by atoms with E-state index < -0.39 is 0 Å². The first kappa shape index (κ1) is 16.1. The predicted molar refractivity (Wildman–Crippen MR) is 73.1 cm³/mol. The maximum atomic E-state index is 9.54. The molecule has 0 aliphatic rings. The van der Waals surface area contributed by atoms with Gasteiger partial charge in [-0.1, -0.05) is 13.0 Å². The van der Waals surface area contributed by atoms with Crippen molar-refractivity contribution in [2.24, 2.45) is 0 Å². The van der Waals surface area contributed by atoms with Gasteiger partial charge in [0, 0.05) is 12.6 Å². The minimum absolute atomic E-state index is 0. The third-order valence-corrected chi connectivity index (χ3v) is 2.59. The molecule has 1 atom stereocenters. The molecule has 0 radical (unpaired) electrons. The molecule has 0 heterocycles. The highest BCUT2D eigenvalue weighted by Crippen LogP contribution is 2.26. The first-order chi connectivity index (χ1) is 7.67. The molecule has 0 saturated carbocycles. The summed E-state index contributed by atoms with van der Waals surface area (Å²) in [5.74, 6) is 0.764. The van der Waals surface area contributed by atoms with E-state index in [1.807, 2.05) is 19.1 Å². The molecule has 0 aromatic heterocycles. The molecule has 1 rings (SSSR count). The normalized spacial score (nSPS) is 11.7. The molecule has 1 aromatic rings. The molecule has 1 aromatic carbocycles. The van der Waals surface area contributed by atoms with Gasteiger partial charge in [-0.25, -0.2) is 0 Å². The van der Waals surface area contributed by atoms with Gasteiger partial charge >= 0.3 is 0 Å². The average Bonchev–Trinajstić information content (AvgIpc) is 2.30. The second kappa shape index (κ2) is 8.20. The molecule has 0 saturated heterocycles. The number of hydrogen-bond acceptors (Lipinski definition) is 3. The number of rotatable bonds is 6. The molecular weight excluding hydrogens is 238 g/mol. The second-order valence-electron chi connectivity index (χ2n) is 3.93. The molecule has 0 amide bonds. The third-order valence-electron chi connectivity index (χ3n) is 2.59. The van der Waals surface area contributed by atoms with Gasteiger partial charge in [0.05, 0.1) is 6.61 Å². The summed E-state index contributed by atoms with van der Waals surface area (Å²) in [4.78, 5) is 0. The van der Waals surface area contributed by atoms with Gasteiger partial charge < -0.3 is 15.2 Å². The zero-order valence-electron chi connectivity index (χ0n) is 10.7. The van der Waals surface area contributed by atoms with E-state index in [0.29, 0.717) is 18.4 Å². The largest absolute Gasteiger partial charge is 0.504 e. The number of nitrogens with one attached hydrogen (secondary N) is 1. The van der Waals surface area contributed by atoms with Crippen LogP contribution in [0.25, 0.3) is 0 Å². The molecule has 98 valence electrons. The van der Waals surface area contributed by atoms with Crippen molar-refractivity contribution < 1.29 is 9.84 Å². The van der Waals surface area contributed by atoms with Crippen LogP contribution in [0.2, 0.25) is 0 Å². The molecule has 0 fully saturated rings. The van der Waals surface area contributed by atoms with Crippen LogP contribution in [0.4, 0.5) is 0 Å². The number of phenols is 1. The van der Waals surface area contributed by atoms with Gasteiger partial charge in [-0.05, 0) is 38.0 Å². The fourth-order valence-electron chi connectivity index (χ4n) is 1.38. The number of halogens is 1. The van der Waals surface area contributed by atoms with Crippen molar-refractivity contribution in [2.75, 3.05) is 6.61 Å². The van der Waals surface area contributed by atoms with Crippen LogP contribution in [0.1, 0.15) is 32.8 Å². The monoisotopic (exact) mass is 259 g/mol. The highest BCUT2D eigenvalue weighted by Gasteiger charge is 2.04. The summed E-state index contributed by atoms with van der Waals surface area (Å²) in [5, 5.41) is 12.9.